The van der Waals surface area contributed by atoms with Gasteiger partial charge in [-0.3, -0.25) is 4.79 Å². The number of hydrogen-bond acceptors (Lipinski definition) is 6. The highest BCUT2D eigenvalue weighted by Gasteiger charge is 2.56. The fourth-order valence-corrected chi connectivity index (χ4v) is 3.09. The zero-order valence-electron chi connectivity index (χ0n) is 13.7. The van der Waals surface area contributed by atoms with Crippen LogP contribution in [0.1, 0.15) is 5.56 Å². The molecular formula is C16H13BF3NO5S. The molecule has 0 aromatic heterocycles. The van der Waals surface area contributed by atoms with Crippen LogP contribution in [0.5, 0.6) is 0 Å². The summed E-state index contributed by atoms with van der Waals surface area (Å²) in [5.41, 5.74) is -4.76. The number of benzene rings is 2. The minimum atomic E-state index is -5.98. The number of hydroxylamine groups is 1. The van der Waals surface area contributed by atoms with Crippen molar-refractivity contribution in [2.75, 3.05) is 0 Å². The van der Waals surface area contributed by atoms with Crippen LogP contribution in [-0.2, 0) is 30.3 Å². The molecule has 6 nitrogen and oxygen atoms in total. The first-order valence-electron chi connectivity index (χ1n) is 7.77. The van der Waals surface area contributed by atoms with Gasteiger partial charge in [-0.25, -0.2) is 0 Å². The fourth-order valence-electron chi connectivity index (χ4n) is 2.60. The molecule has 0 saturated carbocycles. The normalized spacial score (nSPS) is 18.6. The molecule has 0 bridgehead atoms. The topological polar surface area (TPSA) is 72.9 Å². The van der Waals surface area contributed by atoms with Crippen molar-refractivity contribution in [2.24, 2.45) is 0 Å². The van der Waals surface area contributed by atoms with Crippen molar-refractivity contribution in [1.29, 1.82) is 0 Å². The SMILES string of the molecule is O=C1OB(c2ccccc2)N(OS(=O)(=O)C(F)(F)F)[C@H]1Cc1ccccc1. The summed E-state index contributed by atoms with van der Waals surface area (Å²) in [4.78, 5) is 12.7. The van der Waals surface area contributed by atoms with Gasteiger partial charge in [-0.2, -0.15) is 25.9 Å². The summed E-state index contributed by atoms with van der Waals surface area (Å²) in [5.74, 6) is -0.884. The van der Waals surface area contributed by atoms with Crippen molar-refractivity contribution in [1.82, 2.24) is 4.97 Å². The Balaban J connectivity index is 1.96. The third-order valence-electron chi connectivity index (χ3n) is 3.86. The summed E-state index contributed by atoms with van der Waals surface area (Å²) in [6, 6.07) is 14.8. The number of alkyl halides is 3. The van der Waals surface area contributed by atoms with Crippen LogP contribution in [0.15, 0.2) is 60.7 Å². The lowest BCUT2D eigenvalue weighted by atomic mass is 9.73. The van der Waals surface area contributed by atoms with E-state index in [1.54, 1.807) is 48.5 Å². The van der Waals surface area contributed by atoms with E-state index in [1.807, 2.05) is 0 Å². The van der Waals surface area contributed by atoms with Gasteiger partial charge >= 0.3 is 28.6 Å². The molecule has 0 aliphatic carbocycles. The number of nitrogens with zero attached hydrogens (tertiary/aromatic N) is 1. The fraction of sp³-hybridized carbons (Fsp3) is 0.188. The largest absolute Gasteiger partial charge is 0.524 e. The maximum Gasteiger partial charge on any atom is 0.524 e. The summed E-state index contributed by atoms with van der Waals surface area (Å²) in [6.45, 7) is 0. The first-order valence-corrected chi connectivity index (χ1v) is 9.18. The number of halogens is 3. The molecule has 0 N–H and O–H groups in total. The standard InChI is InChI=1S/C16H13BF3NO5S/c18-16(19,20)27(23,24)26-21-14(11-12-7-3-1-4-8-12)15(22)25-17(21)13-9-5-2-6-10-13/h1-10,14H,11H2/t14-/m0/s1. The van der Waals surface area contributed by atoms with Gasteiger partial charge in [0, 0.05) is 0 Å². The number of hydrogen-bond donors (Lipinski definition) is 0. The maximum atomic E-state index is 12.8. The Morgan fingerprint density at radius 3 is 2.15 bits per heavy atom. The van der Waals surface area contributed by atoms with Crippen LogP contribution in [0, 0.1) is 0 Å². The molecular weight excluding hydrogens is 386 g/mol. The second-order valence-electron chi connectivity index (χ2n) is 5.74. The Bertz CT molecular complexity index is 909. The zero-order chi connectivity index (χ0) is 19.7. The Kier molecular flexibility index (Phi) is 5.27. The van der Waals surface area contributed by atoms with E-state index in [1.165, 1.54) is 12.1 Å². The number of carbonyl (C=O) groups excluding carboxylic acids is 1. The van der Waals surface area contributed by atoms with Gasteiger partial charge in [0.1, 0.15) is 6.04 Å². The van der Waals surface area contributed by atoms with E-state index in [0.717, 1.165) is 0 Å². The molecule has 27 heavy (non-hydrogen) atoms. The first-order chi connectivity index (χ1) is 12.7. The minimum absolute atomic E-state index is 0.0869. The molecule has 3 rings (SSSR count). The van der Waals surface area contributed by atoms with Gasteiger partial charge in [-0.1, -0.05) is 60.7 Å². The average Bonchev–Trinajstić information content (AvgIpc) is 2.91. The summed E-state index contributed by atoms with van der Waals surface area (Å²) in [6.07, 6.45) is -0.0869. The Hall–Kier alpha value is -2.37. The molecule has 0 amide bonds. The van der Waals surface area contributed by atoms with Crippen LogP contribution in [0.2, 0.25) is 0 Å². The van der Waals surface area contributed by atoms with Crippen molar-refractivity contribution in [3.8, 4) is 0 Å². The van der Waals surface area contributed by atoms with E-state index in [9.17, 15) is 26.4 Å². The molecule has 0 spiro atoms. The quantitative estimate of drug-likeness (QED) is 0.562. The summed E-state index contributed by atoms with van der Waals surface area (Å²) >= 11 is 0. The minimum Gasteiger partial charge on any atom is -0.513 e. The van der Waals surface area contributed by atoms with Gasteiger partial charge in [0.15, 0.2) is 0 Å². The van der Waals surface area contributed by atoms with Gasteiger partial charge in [0.05, 0.1) is 0 Å². The van der Waals surface area contributed by atoms with Gasteiger partial charge in [-0.15, -0.1) is 4.97 Å². The predicted molar refractivity (Wildman–Crippen MR) is 89.8 cm³/mol. The van der Waals surface area contributed by atoms with Crippen LogP contribution in [0.3, 0.4) is 0 Å². The van der Waals surface area contributed by atoms with Crippen LogP contribution >= 0.6 is 0 Å². The molecule has 0 radical (unpaired) electrons. The van der Waals surface area contributed by atoms with Gasteiger partial charge in [-0.05, 0) is 17.4 Å². The smallest absolute Gasteiger partial charge is 0.513 e. The number of carbonyl (C=O) groups is 1. The van der Waals surface area contributed by atoms with Gasteiger partial charge in [0.2, 0.25) is 0 Å². The zero-order valence-corrected chi connectivity index (χ0v) is 14.5. The van der Waals surface area contributed by atoms with Crippen LogP contribution in [-0.4, -0.2) is 38.0 Å². The molecule has 1 atom stereocenters. The lowest BCUT2D eigenvalue weighted by Gasteiger charge is -2.23. The molecule has 2 aromatic rings. The molecule has 1 aliphatic rings. The molecule has 1 saturated heterocycles. The Labute approximate surface area is 153 Å². The second kappa shape index (κ2) is 7.33. The third-order valence-corrected chi connectivity index (χ3v) is 4.80. The van der Waals surface area contributed by atoms with E-state index < -0.39 is 34.7 Å². The molecule has 0 unspecified atom stereocenters. The lowest BCUT2D eigenvalue weighted by Crippen LogP contribution is -2.51. The summed E-state index contributed by atoms with van der Waals surface area (Å²) in [7, 11) is -7.40. The third kappa shape index (κ3) is 4.15. The van der Waals surface area contributed by atoms with E-state index in [-0.39, 0.29) is 11.9 Å². The predicted octanol–water partition coefficient (Wildman–Crippen LogP) is 1.63. The van der Waals surface area contributed by atoms with Crippen LogP contribution in [0.4, 0.5) is 13.2 Å². The van der Waals surface area contributed by atoms with E-state index in [2.05, 4.69) is 4.28 Å². The molecule has 11 heteroatoms. The lowest BCUT2D eigenvalue weighted by molar-refractivity contribution is -0.138. The van der Waals surface area contributed by atoms with Gasteiger partial charge < -0.3 is 4.65 Å². The van der Waals surface area contributed by atoms with Gasteiger partial charge in [0.25, 0.3) is 0 Å². The van der Waals surface area contributed by atoms with Crippen molar-refractivity contribution < 1.29 is 35.3 Å². The molecule has 1 heterocycles. The molecule has 2 aromatic carbocycles. The molecule has 142 valence electrons. The highest BCUT2D eigenvalue weighted by Crippen LogP contribution is 2.29. The first kappa shape index (κ1) is 19.4. The summed E-state index contributed by atoms with van der Waals surface area (Å²) in [5, 5.41) is 0. The van der Waals surface area contributed by atoms with E-state index >= 15 is 0 Å². The maximum absolute atomic E-state index is 12.8. The monoisotopic (exact) mass is 399 g/mol. The second-order valence-corrected chi connectivity index (χ2v) is 7.26. The van der Waals surface area contributed by atoms with Crippen molar-refractivity contribution >= 4 is 28.6 Å². The van der Waals surface area contributed by atoms with Crippen molar-refractivity contribution in [3.63, 3.8) is 0 Å². The van der Waals surface area contributed by atoms with Crippen molar-refractivity contribution in [2.45, 2.75) is 18.0 Å². The van der Waals surface area contributed by atoms with Crippen molar-refractivity contribution in [3.05, 3.63) is 66.2 Å². The van der Waals surface area contributed by atoms with E-state index in [0.29, 0.717) is 10.5 Å². The summed E-state index contributed by atoms with van der Waals surface area (Å²) < 4.78 is 70.9. The Morgan fingerprint density at radius 1 is 1.04 bits per heavy atom. The van der Waals surface area contributed by atoms with Crippen LogP contribution < -0.4 is 5.46 Å². The molecule has 1 aliphatic heterocycles. The van der Waals surface area contributed by atoms with Crippen LogP contribution in [0.25, 0.3) is 0 Å². The number of rotatable bonds is 5. The Morgan fingerprint density at radius 2 is 1.59 bits per heavy atom. The molecule has 1 fully saturated rings. The average molecular weight is 399 g/mol. The highest BCUT2D eigenvalue weighted by molar-refractivity contribution is 7.87. The highest BCUT2D eigenvalue weighted by atomic mass is 32.2. The van der Waals surface area contributed by atoms with E-state index in [4.69, 9.17) is 4.65 Å².